The van der Waals surface area contributed by atoms with Gasteiger partial charge in [0.25, 0.3) is 0 Å². The van der Waals surface area contributed by atoms with Crippen molar-refractivity contribution in [2.75, 3.05) is 12.4 Å². The van der Waals surface area contributed by atoms with E-state index in [-0.39, 0.29) is 5.69 Å². The summed E-state index contributed by atoms with van der Waals surface area (Å²) in [4.78, 5) is 29.0. The molecular weight excluding hydrogens is 250 g/mol. The molecular formula is C11H13N5O3. The van der Waals surface area contributed by atoms with Gasteiger partial charge in [0.15, 0.2) is 0 Å². The summed E-state index contributed by atoms with van der Waals surface area (Å²) in [6.45, 7) is 2.04. The molecule has 8 nitrogen and oxygen atoms in total. The first-order valence-corrected chi connectivity index (χ1v) is 5.53. The zero-order valence-electron chi connectivity index (χ0n) is 10.5. The number of hydrogen-bond acceptors (Lipinski definition) is 6. The molecule has 0 unspecified atom stereocenters. The normalized spacial score (nSPS) is 10.2. The summed E-state index contributed by atoms with van der Waals surface area (Å²) >= 11 is 0. The van der Waals surface area contributed by atoms with Crippen molar-refractivity contribution in [1.82, 2.24) is 20.2 Å². The molecule has 0 fully saturated rings. The smallest absolute Gasteiger partial charge is 0.340 e. The van der Waals surface area contributed by atoms with E-state index < -0.39 is 5.97 Å². The number of carbonyl (C=O) groups is 1. The minimum absolute atomic E-state index is 0.322. The summed E-state index contributed by atoms with van der Waals surface area (Å²) in [5, 5.41) is 9.00. The molecule has 2 aromatic heterocycles. The molecule has 0 radical (unpaired) electrons. The minimum Gasteiger partial charge on any atom is -0.465 e. The maximum Gasteiger partial charge on any atom is 0.340 e. The quantitative estimate of drug-likeness (QED) is 0.679. The van der Waals surface area contributed by atoms with Gasteiger partial charge in [-0.1, -0.05) is 0 Å². The van der Waals surface area contributed by atoms with Crippen LogP contribution in [0.4, 0.5) is 5.82 Å². The van der Waals surface area contributed by atoms with Crippen molar-refractivity contribution in [3.63, 3.8) is 0 Å². The lowest BCUT2D eigenvalue weighted by molar-refractivity contribution is 0.0599. The third-order valence-electron chi connectivity index (χ3n) is 2.48. The molecule has 0 aliphatic carbocycles. The van der Waals surface area contributed by atoms with Crippen LogP contribution >= 0.6 is 0 Å². The van der Waals surface area contributed by atoms with Crippen LogP contribution in [0.15, 0.2) is 16.9 Å². The van der Waals surface area contributed by atoms with Crippen molar-refractivity contribution in [2.24, 2.45) is 0 Å². The van der Waals surface area contributed by atoms with E-state index in [2.05, 4.69) is 30.2 Å². The van der Waals surface area contributed by atoms with Gasteiger partial charge in [0.2, 0.25) is 0 Å². The number of methoxy groups -OCH3 is 1. The van der Waals surface area contributed by atoms with Crippen LogP contribution in [0.3, 0.4) is 0 Å². The number of anilines is 1. The first-order chi connectivity index (χ1) is 9.10. The van der Waals surface area contributed by atoms with E-state index >= 15 is 0 Å². The molecule has 100 valence electrons. The van der Waals surface area contributed by atoms with E-state index in [1.165, 1.54) is 7.11 Å². The Bertz CT molecular complexity index is 646. The number of pyridine rings is 1. The van der Waals surface area contributed by atoms with Gasteiger partial charge < -0.3 is 10.1 Å². The Labute approximate surface area is 108 Å². The van der Waals surface area contributed by atoms with Crippen LogP contribution in [0, 0.1) is 6.92 Å². The Kier molecular flexibility index (Phi) is 3.60. The molecule has 8 heteroatoms. The Hall–Kier alpha value is -2.64. The number of hydrogen-bond donors (Lipinski definition) is 3. The topological polar surface area (TPSA) is 113 Å². The number of nitrogens with one attached hydrogen (secondary N) is 3. The second-order valence-corrected chi connectivity index (χ2v) is 3.80. The van der Waals surface area contributed by atoms with E-state index in [1.54, 1.807) is 19.1 Å². The van der Waals surface area contributed by atoms with Gasteiger partial charge in [-0.05, 0) is 19.1 Å². The second kappa shape index (κ2) is 5.34. The molecule has 3 N–H and O–H groups in total. The van der Waals surface area contributed by atoms with Crippen molar-refractivity contribution < 1.29 is 9.53 Å². The fraction of sp³-hybridized carbons (Fsp3) is 0.273. The Morgan fingerprint density at radius 2 is 2.26 bits per heavy atom. The molecule has 2 rings (SSSR count). The summed E-state index contributed by atoms with van der Waals surface area (Å²) in [7, 11) is 1.32. The van der Waals surface area contributed by atoms with Crippen LogP contribution in [0.1, 0.15) is 21.9 Å². The van der Waals surface area contributed by atoms with Gasteiger partial charge in [-0.3, -0.25) is 4.98 Å². The highest BCUT2D eigenvalue weighted by molar-refractivity contribution is 5.90. The first kappa shape index (κ1) is 12.8. The first-order valence-electron chi connectivity index (χ1n) is 5.53. The number of aryl methyl sites for hydroxylation is 1. The van der Waals surface area contributed by atoms with Gasteiger partial charge in [-0.2, -0.15) is 5.10 Å². The zero-order valence-corrected chi connectivity index (χ0v) is 10.5. The Balaban J connectivity index is 2.08. The van der Waals surface area contributed by atoms with Gasteiger partial charge in [0, 0.05) is 0 Å². The highest BCUT2D eigenvalue weighted by atomic mass is 16.5. The molecule has 19 heavy (non-hydrogen) atoms. The molecule has 2 aromatic rings. The van der Waals surface area contributed by atoms with Gasteiger partial charge in [-0.25, -0.2) is 19.7 Å². The van der Waals surface area contributed by atoms with Gasteiger partial charge in [0.1, 0.15) is 11.6 Å². The van der Waals surface area contributed by atoms with E-state index in [1.807, 2.05) is 0 Å². The number of aromatic amines is 2. The highest BCUT2D eigenvalue weighted by Crippen LogP contribution is 2.11. The Morgan fingerprint density at radius 1 is 1.47 bits per heavy atom. The summed E-state index contributed by atoms with van der Waals surface area (Å²) in [5.74, 6) is 0.628. The van der Waals surface area contributed by atoms with Gasteiger partial charge >= 0.3 is 11.7 Å². The van der Waals surface area contributed by atoms with E-state index in [0.717, 1.165) is 0 Å². The maximum atomic E-state index is 11.4. The predicted molar refractivity (Wildman–Crippen MR) is 66.8 cm³/mol. The summed E-state index contributed by atoms with van der Waals surface area (Å²) in [5.41, 5.74) is 0.621. The number of rotatable bonds is 4. The predicted octanol–water partition coefficient (Wildman–Crippen LogP) is 0.200. The fourth-order valence-electron chi connectivity index (χ4n) is 1.55. The number of carbonyl (C=O) groups excluding carboxylic acids is 1. The molecule has 0 spiro atoms. The number of H-pyrrole nitrogens is 2. The van der Waals surface area contributed by atoms with Crippen LogP contribution in [-0.2, 0) is 11.3 Å². The summed E-state index contributed by atoms with van der Waals surface area (Å²) in [6.07, 6.45) is 0. The summed E-state index contributed by atoms with van der Waals surface area (Å²) in [6, 6.07) is 3.29. The van der Waals surface area contributed by atoms with E-state index in [9.17, 15) is 9.59 Å². The van der Waals surface area contributed by atoms with Crippen molar-refractivity contribution in [1.29, 1.82) is 0 Å². The standard InChI is InChI=1S/C11H13N5O3/c1-6-7(10(17)19-2)3-4-8(13-6)12-5-9-14-11(18)16-15-9/h3-4H,5H2,1-2H3,(H,12,13)(H2,14,15,16,18). The average molecular weight is 263 g/mol. The van der Waals surface area contributed by atoms with Crippen molar-refractivity contribution in [3.8, 4) is 0 Å². The molecule has 0 bridgehead atoms. The molecule has 0 aromatic carbocycles. The number of aromatic nitrogens is 4. The third-order valence-corrected chi connectivity index (χ3v) is 2.48. The highest BCUT2D eigenvalue weighted by Gasteiger charge is 2.10. The van der Waals surface area contributed by atoms with Crippen LogP contribution < -0.4 is 11.0 Å². The van der Waals surface area contributed by atoms with Gasteiger partial charge in [-0.15, -0.1) is 0 Å². The molecule has 0 saturated carbocycles. The lowest BCUT2D eigenvalue weighted by Crippen LogP contribution is -2.09. The molecule has 0 aliphatic rings. The molecule has 0 atom stereocenters. The Morgan fingerprint density at radius 3 is 2.84 bits per heavy atom. The maximum absolute atomic E-state index is 11.4. The molecule has 0 amide bonds. The van der Waals surface area contributed by atoms with Crippen molar-refractivity contribution in [3.05, 3.63) is 39.7 Å². The van der Waals surface area contributed by atoms with Crippen LogP contribution in [0.2, 0.25) is 0 Å². The lowest BCUT2D eigenvalue weighted by atomic mass is 10.2. The molecule has 0 aliphatic heterocycles. The average Bonchev–Trinajstić information content (AvgIpc) is 2.81. The second-order valence-electron chi connectivity index (χ2n) is 3.80. The zero-order chi connectivity index (χ0) is 13.8. The summed E-state index contributed by atoms with van der Waals surface area (Å²) < 4.78 is 4.64. The number of ether oxygens (including phenoxy) is 1. The number of esters is 1. The van der Waals surface area contributed by atoms with Crippen LogP contribution in [0.5, 0.6) is 0 Å². The monoisotopic (exact) mass is 263 g/mol. The van der Waals surface area contributed by atoms with Gasteiger partial charge in [0.05, 0.1) is 24.9 Å². The van der Waals surface area contributed by atoms with Crippen LogP contribution in [0.25, 0.3) is 0 Å². The molecule has 2 heterocycles. The van der Waals surface area contributed by atoms with Crippen molar-refractivity contribution >= 4 is 11.8 Å². The van der Waals surface area contributed by atoms with E-state index in [0.29, 0.717) is 29.4 Å². The van der Waals surface area contributed by atoms with E-state index in [4.69, 9.17) is 0 Å². The van der Waals surface area contributed by atoms with Crippen LogP contribution in [-0.4, -0.2) is 33.2 Å². The fourth-order valence-corrected chi connectivity index (χ4v) is 1.55. The largest absolute Gasteiger partial charge is 0.465 e. The third kappa shape index (κ3) is 2.97. The molecule has 0 saturated heterocycles. The SMILES string of the molecule is COC(=O)c1ccc(NCc2n[nH]c(=O)[nH]2)nc1C. The van der Waals surface area contributed by atoms with Crippen molar-refractivity contribution in [2.45, 2.75) is 13.5 Å². The minimum atomic E-state index is -0.423. The lowest BCUT2D eigenvalue weighted by Gasteiger charge is -2.07. The number of nitrogens with zero attached hydrogens (tertiary/aromatic N) is 2.